The summed E-state index contributed by atoms with van der Waals surface area (Å²) in [6.45, 7) is 2.17. The summed E-state index contributed by atoms with van der Waals surface area (Å²) in [5, 5.41) is 9.98. The van der Waals surface area contributed by atoms with Gasteiger partial charge in [0.15, 0.2) is 0 Å². The molecule has 0 aliphatic heterocycles. The van der Waals surface area contributed by atoms with Crippen LogP contribution in [-0.2, 0) is 9.59 Å². The minimum absolute atomic E-state index is 0.134. The van der Waals surface area contributed by atoms with E-state index in [0.29, 0.717) is 30.0 Å². The van der Waals surface area contributed by atoms with Crippen molar-refractivity contribution in [2.24, 2.45) is 28.6 Å². The molecule has 4 aliphatic rings. The first kappa shape index (κ1) is 14.6. The predicted octanol–water partition coefficient (Wildman–Crippen LogP) is 3.06. The van der Waals surface area contributed by atoms with Crippen molar-refractivity contribution in [1.29, 1.82) is 0 Å². The third kappa shape index (κ3) is 1.72. The Bertz CT molecular complexity index is 551. The second-order valence-electron chi connectivity index (χ2n) is 8.31. The Morgan fingerprint density at radius 3 is 2.82 bits per heavy atom. The standard InChI is InChI=1S/C19H26O3/c1-18-8-7-16-14(15(18)4-5-17(18)22)3-2-12-10-13(21)6-9-19(12,16)11-20/h2,11,13-16,21H,3-10H2,1H3/t13-,14-,15-,16-,18-,19+/m0/s1. The molecule has 0 heterocycles. The Morgan fingerprint density at radius 1 is 1.23 bits per heavy atom. The lowest BCUT2D eigenvalue weighted by atomic mass is 9.48. The van der Waals surface area contributed by atoms with Crippen molar-refractivity contribution in [3.8, 4) is 0 Å². The maximum absolute atomic E-state index is 12.4. The molecule has 4 rings (SSSR count). The van der Waals surface area contributed by atoms with Crippen LogP contribution in [0.3, 0.4) is 0 Å². The molecule has 0 aromatic carbocycles. The van der Waals surface area contributed by atoms with Gasteiger partial charge >= 0.3 is 0 Å². The number of aliphatic hydroxyl groups excluding tert-OH is 1. The zero-order valence-corrected chi connectivity index (χ0v) is 13.4. The number of Topliss-reactive ketones (excluding diaryl/α,β-unsaturated/α-hetero) is 1. The zero-order chi connectivity index (χ0) is 15.5. The Hall–Kier alpha value is -0.960. The van der Waals surface area contributed by atoms with Crippen LogP contribution in [0.2, 0.25) is 0 Å². The number of hydrogen-bond acceptors (Lipinski definition) is 3. The average molecular weight is 302 g/mol. The van der Waals surface area contributed by atoms with Crippen LogP contribution < -0.4 is 0 Å². The SMILES string of the molecule is C[C@]12CC[C@H]3[C@@H](CC=C4C[C@@H](O)CC[C@@]43C=O)[C@@H]1CCC2=O. The van der Waals surface area contributed by atoms with Crippen molar-refractivity contribution in [1.82, 2.24) is 0 Å². The Kier molecular flexibility index (Phi) is 3.17. The molecule has 3 nitrogen and oxygen atoms in total. The summed E-state index contributed by atoms with van der Waals surface area (Å²) in [6, 6.07) is 0. The molecule has 0 unspecified atom stereocenters. The van der Waals surface area contributed by atoms with E-state index in [2.05, 4.69) is 13.0 Å². The van der Waals surface area contributed by atoms with Crippen molar-refractivity contribution in [2.75, 3.05) is 0 Å². The molecule has 0 saturated heterocycles. The lowest BCUT2D eigenvalue weighted by molar-refractivity contribution is -0.135. The zero-order valence-electron chi connectivity index (χ0n) is 13.4. The fourth-order valence-electron chi connectivity index (χ4n) is 6.34. The molecule has 0 aromatic rings. The molecular weight excluding hydrogens is 276 g/mol. The second kappa shape index (κ2) is 4.77. The van der Waals surface area contributed by atoms with Crippen molar-refractivity contribution in [3.05, 3.63) is 11.6 Å². The number of aliphatic hydroxyl groups is 1. The predicted molar refractivity (Wildman–Crippen MR) is 83.1 cm³/mol. The van der Waals surface area contributed by atoms with Gasteiger partial charge < -0.3 is 9.90 Å². The largest absolute Gasteiger partial charge is 0.393 e. The van der Waals surface area contributed by atoms with Crippen LogP contribution in [0.25, 0.3) is 0 Å². The molecule has 0 radical (unpaired) electrons. The number of hydrogen-bond donors (Lipinski definition) is 1. The molecule has 22 heavy (non-hydrogen) atoms. The summed E-state index contributed by atoms with van der Waals surface area (Å²) in [7, 11) is 0. The van der Waals surface area contributed by atoms with E-state index >= 15 is 0 Å². The van der Waals surface area contributed by atoms with Crippen molar-refractivity contribution < 1.29 is 14.7 Å². The van der Waals surface area contributed by atoms with Gasteiger partial charge in [-0.2, -0.15) is 0 Å². The maximum atomic E-state index is 12.4. The van der Waals surface area contributed by atoms with Gasteiger partial charge in [-0.15, -0.1) is 0 Å². The summed E-state index contributed by atoms with van der Waals surface area (Å²) in [5.41, 5.74) is 0.718. The number of allylic oxidation sites excluding steroid dienone is 1. The van der Waals surface area contributed by atoms with Crippen LogP contribution in [0.4, 0.5) is 0 Å². The molecule has 3 fully saturated rings. The van der Waals surface area contributed by atoms with E-state index in [1.807, 2.05) is 0 Å². The third-order valence-corrected chi connectivity index (χ3v) is 7.60. The van der Waals surface area contributed by atoms with Gasteiger partial charge in [-0.25, -0.2) is 0 Å². The molecule has 3 heteroatoms. The van der Waals surface area contributed by atoms with Crippen molar-refractivity contribution in [2.45, 2.75) is 64.4 Å². The van der Waals surface area contributed by atoms with Gasteiger partial charge in [0, 0.05) is 11.8 Å². The van der Waals surface area contributed by atoms with Crippen LogP contribution in [0.15, 0.2) is 11.6 Å². The van der Waals surface area contributed by atoms with E-state index in [4.69, 9.17) is 0 Å². The molecule has 0 spiro atoms. The molecule has 0 aromatic heterocycles. The van der Waals surface area contributed by atoms with E-state index < -0.39 is 0 Å². The Balaban J connectivity index is 1.73. The van der Waals surface area contributed by atoms with Gasteiger partial charge in [0.2, 0.25) is 0 Å². The fraction of sp³-hybridized carbons (Fsp3) is 0.789. The third-order valence-electron chi connectivity index (χ3n) is 7.60. The van der Waals surface area contributed by atoms with Gasteiger partial charge in [0.1, 0.15) is 12.1 Å². The van der Waals surface area contributed by atoms with Crippen LogP contribution in [0, 0.1) is 28.6 Å². The summed E-state index contributed by atoms with van der Waals surface area (Å²) >= 11 is 0. The van der Waals surface area contributed by atoms with E-state index in [-0.39, 0.29) is 16.9 Å². The van der Waals surface area contributed by atoms with Crippen LogP contribution >= 0.6 is 0 Å². The van der Waals surface area contributed by atoms with Crippen molar-refractivity contribution >= 4 is 12.1 Å². The van der Waals surface area contributed by atoms with Crippen LogP contribution in [0.1, 0.15) is 58.3 Å². The highest BCUT2D eigenvalue weighted by Crippen LogP contribution is 2.63. The van der Waals surface area contributed by atoms with Gasteiger partial charge in [-0.3, -0.25) is 4.79 Å². The van der Waals surface area contributed by atoms with Crippen molar-refractivity contribution in [3.63, 3.8) is 0 Å². The van der Waals surface area contributed by atoms with Gasteiger partial charge in [-0.05, 0) is 62.7 Å². The number of fused-ring (bicyclic) bond motifs is 5. The lowest BCUT2D eigenvalue weighted by Gasteiger charge is -2.55. The molecule has 4 aliphatic carbocycles. The van der Waals surface area contributed by atoms with Gasteiger partial charge in [-0.1, -0.05) is 18.6 Å². The highest BCUT2D eigenvalue weighted by molar-refractivity contribution is 5.87. The minimum atomic E-state index is -0.338. The first-order chi connectivity index (χ1) is 10.5. The smallest absolute Gasteiger partial charge is 0.139 e. The quantitative estimate of drug-likeness (QED) is 0.598. The van der Waals surface area contributed by atoms with Crippen LogP contribution in [-0.4, -0.2) is 23.3 Å². The molecule has 0 bridgehead atoms. The highest BCUT2D eigenvalue weighted by Gasteiger charge is 2.59. The van der Waals surface area contributed by atoms with E-state index in [0.717, 1.165) is 44.9 Å². The number of aldehydes is 1. The molecule has 0 amide bonds. The Labute approximate surface area is 132 Å². The summed E-state index contributed by atoms with van der Waals surface area (Å²) in [6.07, 6.45) is 10.0. The number of carbonyl (C=O) groups is 2. The van der Waals surface area contributed by atoms with E-state index in [9.17, 15) is 14.7 Å². The summed E-state index contributed by atoms with van der Waals surface area (Å²) < 4.78 is 0. The second-order valence-corrected chi connectivity index (χ2v) is 8.31. The van der Waals surface area contributed by atoms with Crippen LogP contribution in [0.5, 0.6) is 0 Å². The normalized spacial score (nSPS) is 50.6. The summed E-state index contributed by atoms with van der Waals surface area (Å²) in [5.74, 6) is 1.78. The van der Waals surface area contributed by atoms with E-state index in [1.165, 1.54) is 11.9 Å². The summed E-state index contributed by atoms with van der Waals surface area (Å²) in [4.78, 5) is 24.5. The topological polar surface area (TPSA) is 54.4 Å². The van der Waals surface area contributed by atoms with Gasteiger partial charge in [0.05, 0.1) is 11.5 Å². The number of ketones is 1. The molecule has 3 saturated carbocycles. The average Bonchev–Trinajstić information content (AvgIpc) is 2.82. The molecule has 6 atom stereocenters. The minimum Gasteiger partial charge on any atom is -0.393 e. The Morgan fingerprint density at radius 2 is 2.05 bits per heavy atom. The molecule has 120 valence electrons. The lowest BCUT2D eigenvalue weighted by Crippen LogP contribution is -2.52. The fourth-order valence-corrected chi connectivity index (χ4v) is 6.34. The first-order valence-corrected chi connectivity index (χ1v) is 8.88. The number of rotatable bonds is 1. The van der Waals surface area contributed by atoms with Gasteiger partial charge in [0.25, 0.3) is 0 Å². The van der Waals surface area contributed by atoms with E-state index in [1.54, 1.807) is 0 Å². The number of carbonyl (C=O) groups excluding carboxylic acids is 2. The molecule has 1 N–H and O–H groups in total. The maximum Gasteiger partial charge on any atom is 0.139 e. The molecular formula is C19H26O3. The monoisotopic (exact) mass is 302 g/mol. The first-order valence-electron chi connectivity index (χ1n) is 8.88. The highest BCUT2D eigenvalue weighted by atomic mass is 16.3.